The number of halogens is 3. The van der Waals surface area contributed by atoms with Gasteiger partial charge in [0.05, 0.1) is 30.2 Å². The molecule has 8 nitrogen and oxygen atoms in total. The van der Waals surface area contributed by atoms with Crippen molar-refractivity contribution in [2.45, 2.75) is 45.1 Å². The lowest BCUT2D eigenvalue weighted by Crippen LogP contribution is -2.68. The summed E-state index contributed by atoms with van der Waals surface area (Å²) < 4.78 is 56.1. The summed E-state index contributed by atoms with van der Waals surface area (Å²) in [6, 6.07) is 5.17. The highest BCUT2D eigenvalue weighted by Crippen LogP contribution is 2.52. The number of imidazole rings is 1. The Kier molecular flexibility index (Phi) is 5.86. The maximum absolute atomic E-state index is 15.0. The fraction of sp³-hybridized carbons (Fsp3) is 0.385. The first-order chi connectivity index (χ1) is 17.5. The summed E-state index contributed by atoms with van der Waals surface area (Å²) in [7, 11) is 1.51. The zero-order valence-electron chi connectivity index (χ0n) is 20.8. The van der Waals surface area contributed by atoms with Gasteiger partial charge in [0.15, 0.2) is 5.76 Å². The van der Waals surface area contributed by atoms with E-state index in [2.05, 4.69) is 10.1 Å². The molecule has 3 unspecified atom stereocenters. The van der Waals surface area contributed by atoms with Crippen LogP contribution in [0, 0.1) is 12.3 Å². The second-order valence-electron chi connectivity index (χ2n) is 9.61. The average Bonchev–Trinajstić information content (AvgIpc) is 3.45. The number of benzene rings is 1. The fourth-order valence-electron chi connectivity index (χ4n) is 5.12. The van der Waals surface area contributed by atoms with Gasteiger partial charge in [-0.3, -0.25) is 4.90 Å². The summed E-state index contributed by atoms with van der Waals surface area (Å²) in [4.78, 5) is 11.2. The van der Waals surface area contributed by atoms with E-state index in [1.165, 1.54) is 43.2 Å². The number of morpholine rings is 1. The summed E-state index contributed by atoms with van der Waals surface area (Å²) >= 11 is 0. The number of aliphatic hydroxyl groups is 1. The van der Waals surface area contributed by atoms with Crippen molar-refractivity contribution < 1.29 is 32.6 Å². The van der Waals surface area contributed by atoms with E-state index in [1.807, 2.05) is 13.1 Å². The van der Waals surface area contributed by atoms with Gasteiger partial charge in [-0.05, 0) is 63.1 Å². The molecule has 1 aliphatic carbocycles. The number of fused-ring (bicyclic) bond motifs is 1. The van der Waals surface area contributed by atoms with Crippen molar-refractivity contribution in [2.75, 3.05) is 13.7 Å². The highest BCUT2D eigenvalue weighted by Gasteiger charge is 2.65. The van der Waals surface area contributed by atoms with E-state index in [-0.39, 0.29) is 18.0 Å². The Morgan fingerprint density at radius 1 is 1.30 bits per heavy atom. The number of alkyl halides is 2. The quantitative estimate of drug-likeness (QED) is 0.621. The van der Waals surface area contributed by atoms with E-state index in [0.717, 1.165) is 5.69 Å². The van der Waals surface area contributed by atoms with Gasteiger partial charge in [0, 0.05) is 6.20 Å². The molecule has 1 N–H and O–H groups in total. The monoisotopic (exact) mass is 516 g/mol. The van der Waals surface area contributed by atoms with E-state index in [1.54, 1.807) is 36.0 Å². The third kappa shape index (κ3) is 4.07. The second kappa shape index (κ2) is 8.69. The molecule has 3 aliphatic rings. The van der Waals surface area contributed by atoms with Gasteiger partial charge in [0.1, 0.15) is 24.2 Å². The van der Waals surface area contributed by atoms with Crippen molar-refractivity contribution >= 4 is 11.9 Å². The van der Waals surface area contributed by atoms with Gasteiger partial charge >= 0.3 is 6.11 Å². The summed E-state index contributed by atoms with van der Waals surface area (Å²) in [6.45, 7) is 4.09. The molecule has 196 valence electrons. The summed E-state index contributed by atoms with van der Waals surface area (Å²) in [5, 5.41) is 15.0. The van der Waals surface area contributed by atoms with Gasteiger partial charge in [-0.1, -0.05) is 17.3 Å². The van der Waals surface area contributed by atoms with Gasteiger partial charge in [0.2, 0.25) is 11.6 Å². The van der Waals surface area contributed by atoms with Crippen LogP contribution in [0.3, 0.4) is 0 Å². The number of aromatic nitrogens is 2. The molecule has 1 aromatic heterocycles. The lowest BCUT2D eigenvalue weighted by molar-refractivity contribution is -0.272. The molecule has 1 saturated heterocycles. The van der Waals surface area contributed by atoms with Gasteiger partial charge in [-0.15, -0.1) is 0 Å². The predicted octanol–water partition coefficient (Wildman–Crippen LogP) is 4.70. The Labute approximate surface area is 211 Å². The van der Waals surface area contributed by atoms with Crippen LogP contribution in [0.25, 0.3) is 11.8 Å². The molecule has 0 radical (unpaired) electrons. The van der Waals surface area contributed by atoms with Gasteiger partial charge in [-0.2, -0.15) is 8.78 Å². The first kappa shape index (κ1) is 24.9. The standard InChI is InChI=1S/C26H27F3N4O4/c1-16-13-32(15-30-16)20-6-5-18(11-21(20)35-4)12-22-23-31-37-26(17(2)34,33(23)14-25(28,29)36-22)24(3)9-7-19(27)8-10-24/h5-9,11-13,15,17,34H,10,14H2,1-4H3. The number of amidine groups is 1. The van der Waals surface area contributed by atoms with Crippen LogP contribution in [0.1, 0.15) is 31.5 Å². The third-order valence-corrected chi connectivity index (χ3v) is 6.96. The van der Waals surface area contributed by atoms with E-state index in [0.29, 0.717) is 17.0 Å². The molecule has 1 fully saturated rings. The number of aryl methyl sites for hydroxylation is 1. The minimum atomic E-state index is -3.62. The number of allylic oxidation sites excluding steroid dienone is 3. The van der Waals surface area contributed by atoms with Crippen LogP contribution in [0.15, 0.2) is 65.7 Å². The van der Waals surface area contributed by atoms with Gasteiger partial charge < -0.3 is 24.0 Å². The molecule has 1 aromatic carbocycles. The number of nitrogens with zero attached hydrogens (tertiary/aromatic N) is 4. The van der Waals surface area contributed by atoms with E-state index in [4.69, 9.17) is 14.3 Å². The van der Waals surface area contributed by atoms with Crippen LogP contribution in [0.4, 0.5) is 13.2 Å². The lowest BCUT2D eigenvalue weighted by Gasteiger charge is -2.51. The SMILES string of the molecule is COc1cc(C=C2OC(F)(F)CN3C2=NOC3(C(C)O)C2(C)C=CC(F)=CC2)ccc1-n1cnc(C)c1. The van der Waals surface area contributed by atoms with Crippen LogP contribution in [-0.2, 0) is 9.57 Å². The van der Waals surface area contributed by atoms with Crippen molar-refractivity contribution in [2.24, 2.45) is 10.6 Å². The van der Waals surface area contributed by atoms with Crippen LogP contribution in [-0.4, -0.2) is 57.0 Å². The number of hydrogen-bond donors (Lipinski definition) is 1. The summed E-state index contributed by atoms with van der Waals surface area (Å²) in [6.07, 6.45) is 4.19. The van der Waals surface area contributed by atoms with E-state index >= 15 is 0 Å². The van der Waals surface area contributed by atoms with Gasteiger partial charge in [0.25, 0.3) is 0 Å². The number of aliphatic hydroxyl groups excluding tert-OH is 1. The maximum atomic E-state index is 15.0. The minimum absolute atomic E-state index is 0.00440. The molecule has 5 rings (SSSR count). The molecule has 0 amide bonds. The first-order valence-electron chi connectivity index (χ1n) is 11.7. The number of oxime groups is 1. The molecule has 37 heavy (non-hydrogen) atoms. The maximum Gasteiger partial charge on any atom is 0.416 e. The molecular weight excluding hydrogens is 489 g/mol. The highest BCUT2D eigenvalue weighted by molar-refractivity contribution is 6.02. The van der Waals surface area contributed by atoms with Crippen LogP contribution >= 0.6 is 0 Å². The van der Waals surface area contributed by atoms with Crippen molar-refractivity contribution in [3.05, 3.63) is 71.8 Å². The summed E-state index contributed by atoms with van der Waals surface area (Å²) in [5.74, 6) is -0.196. The normalized spacial score (nSPS) is 28.2. The number of hydrogen-bond acceptors (Lipinski definition) is 7. The van der Waals surface area contributed by atoms with Crippen LogP contribution < -0.4 is 4.74 Å². The second-order valence-corrected chi connectivity index (χ2v) is 9.61. The smallest absolute Gasteiger partial charge is 0.416 e. The van der Waals surface area contributed by atoms with E-state index < -0.39 is 35.7 Å². The highest BCUT2D eigenvalue weighted by atomic mass is 19.3. The number of ether oxygens (including phenoxy) is 2. The number of methoxy groups -OCH3 is 1. The third-order valence-electron chi connectivity index (χ3n) is 6.96. The molecule has 2 aromatic rings. The number of rotatable bonds is 5. The Balaban J connectivity index is 1.55. The molecule has 2 aliphatic heterocycles. The molecule has 0 bridgehead atoms. The topological polar surface area (TPSA) is 81.3 Å². The van der Waals surface area contributed by atoms with E-state index in [9.17, 15) is 18.3 Å². The summed E-state index contributed by atoms with van der Waals surface area (Å²) in [5.41, 5.74) is -0.742. The Hall–Kier alpha value is -3.73. The first-order valence-corrected chi connectivity index (χ1v) is 11.7. The van der Waals surface area contributed by atoms with Crippen LogP contribution in [0.5, 0.6) is 5.75 Å². The van der Waals surface area contributed by atoms with Crippen molar-refractivity contribution in [1.82, 2.24) is 14.5 Å². The van der Waals surface area contributed by atoms with Crippen molar-refractivity contribution in [3.63, 3.8) is 0 Å². The Morgan fingerprint density at radius 2 is 2.08 bits per heavy atom. The molecule has 0 saturated carbocycles. The van der Waals surface area contributed by atoms with Gasteiger partial charge in [-0.25, -0.2) is 9.37 Å². The Morgan fingerprint density at radius 3 is 2.70 bits per heavy atom. The predicted molar refractivity (Wildman–Crippen MR) is 130 cm³/mol. The van der Waals surface area contributed by atoms with Crippen LogP contribution in [0.2, 0.25) is 0 Å². The molecule has 3 heterocycles. The minimum Gasteiger partial charge on any atom is -0.495 e. The lowest BCUT2D eigenvalue weighted by atomic mass is 9.70. The zero-order valence-corrected chi connectivity index (χ0v) is 20.8. The van der Waals surface area contributed by atoms with Crippen molar-refractivity contribution in [1.29, 1.82) is 0 Å². The average molecular weight is 517 g/mol. The fourth-order valence-corrected chi connectivity index (χ4v) is 5.12. The Bertz CT molecular complexity index is 1350. The largest absolute Gasteiger partial charge is 0.495 e. The molecule has 0 spiro atoms. The molecule has 11 heteroatoms. The molecular formula is C26H27F3N4O4. The zero-order chi connectivity index (χ0) is 26.6. The van der Waals surface area contributed by atoms with Crippen molar-refractivity contribution in [3.8, 4) is 11.4 Å². The molecule has 3 atom stereocenters.